The highest BCUT2D eigenvalue weighted by Crippen LogP contribution is 2.37. The van der Waals surface area contributed by atoms with E-state index in [1.807, 2.05) is 6.07 Å². The molecule has 0 spiro atoms. The summed E-state index contributed by atoms with van der Waals surface area (Å²) in [5.41, 5.74) is 0.673. The topological polar surface area (TPSA) is 107 Å². The van der Waals surface area contributed by atoms with Gasteiger partial charge < -0.3 is 14.8 Å². The van der Waals surface area contributed by atoms with Crippen LogP contribution >= 0.6 is 22.7 Å². The van der Waals surface area contributed by atoms with Crippen molar-refractivity contribution in [3.05, 3.63) is 29.6 Å². The molecule has 1 aliphatic heterocycles. The molecule has 0 saturated heterocycles. The van der Waals surface area contributed by atoms with Crippen LogP contribution in [0.3, 0.4) is 0 Å². The van der Waals surface area contributed by atoms with Crippen molar-refractivity contribution >= 4 is 54.0 Å². The number of aromatic nitrogens is 1. The lowest BCUT2D eigenvalue weighted by atomic mass is 10.3. The van der Waals surface area contributed by atoms with Crippen molar-refractivity contribution in [3.8, 4) is 11.5 Å². The summed E-state index contributed by atoms with van der Waals surface area (Å²) in [7, 11) is -3.73. The molecule has 1 aliphatic rings. The molecule has 0 radical (unpaired) electrons. The van der Waals surface area contributed by atoms with Crippen molar-refractivity contribution in [2.45, 2.75) is 17.2 Å². The first-order valence-corrected chi connectivity index (χ1v) is 11.2. The predicted molar refractivity (Wildman–Crippen MR) is 103 cm³/mol. The Balaban J connectivity index is 1.49. The molecule has 1 aromatic carbocycles. The average Bonchev–Trinajstić information content (AvgIpc) is 3.29. The van der Waals surface area contributed by atoms with Crippen molar-refractivity contribution in [1.82, 2.24) is 9.71 Å². The van der Waals surface area contributed by atoms with E-state index in [2.05, 4.69) is 15.0 Å². The number of nitrogens with one attached hydrogen (secondary N) is 2. The molecule has 2 N–H and O–H groups in total. The van der Waals surface area contributed by atoms with Gasteiger partial charge in [0.05, 0.1) is 16.3 Å². The van der Waals surface area contributed by atoms with Crippen LogP contribution in [0.15, 0.2) is 33.9 Å². The number of carbonyl (C=O) groups is 1. The number of fused-ring (bicyclic) bond motifs is 2. The van der Waals surface area contributed by atoms with E-state index in [1.54, 1.807) is 17.5 Å². The van der Waals surface area contributed by atoms with Gasteiger partial charge in [0.2, 0.25) is 5.91 Å². The van der Waals surface area contributed by atoms with Crippen LogP contribution in [0.5, 0.6) is 11.5 Å². The second-order valence-corrected chi connectivity index (χ2v) is 9.67. The molecule has 0 aliphatic carbocycles. The second-order valence-electron chi connectivity index (χ2n) is 5.75. The summed E-state index contributed by atoms with van der Waals surface area (Å²) in [4.78, 5) is 16.7. The van der Waals surface area contributed by atoms with Crippen molar-refractivity contribution < 1.29 is 22.7 Å². The number of thiazole rings is 1. The van der Waals surface area contributed by atoms with Crippen LogP contribution in [-0.4, -0.2) is 38.6 Å². The maximum Gasteiger partial charge on any atom is 0.250 e. The quantitative estimate of drug-likeness (QED) is 0.650. The number of carbonyl (C=O) groups excluding carboxylic acids is 1. The molecule has 1 unspecified atom stereocenters. The molecule has 3 heterocycles. The van der Waals surface area contributed by atoms with Gasteiger partial charge in [0.25, 0.3) is 10.0 Å². The number of sulfonamides is 1. The number of ether oxygens (including phenoxy) is 2. The molecule has 2 aromatic heterocycles. The normalized spacial score (nSPS) is 14.9. The van der Waals surface area contributed by atoms with E-state index in [-0.39, 0.29) is 4.21 Å². The fraction of sp³-hybridized carbons (Fsp3) is 0.250. The van der Waals surface area contributed by atoms with Gasteiger partial charge >= 0.3 is 0 Å². The third kappa shape index (κ3) is 3.76. The number of thiophene rings is 1. The summed E-state index contributed by atoms with van der Waals surface area (Å²) < 4.78 is 38.9. The number of nitrogens with zero attached hydrogens (tertiary/aromatic N) is 1. The van der Waals surface area contributed by atoms with Gasteiger partial charge in [-0.15, -0.1) is 11.3 Å². The molecule has 27 heavy (non-hydrogen) atoms. The van der Waals surface area contributed by atoms with Crippen molar-refractivity contribution in [1.29, 1.82) is 0 Å². The Morgan fingerprint density at radius 3 is 2.70 bits per heavy atom. The van der Waals surface area contributed by atoms with E-state index >= 15 is 0 Å². The van der Waals surface area contributed by atoms with Crippen LogP contribution < -0.4 is 19.5 Å². The lowest BCUT2D eigenvalue weighted by molar-refractivity contribution is -0.117. The van der Waals surface area contributed by atoms with Gasteiger partial charge in [-0.05, 0) is 18.4 Å². The number of rotatable bonds is 5. The van der Waals surface area contributed by atoms with Crippen molar-refractivity contribution in [2.75, 3.05) is 18.5 Å². The third-order valence-electron chi connectivity index (χ3n) is 3.77. The van der Waals surface area contributed by atoms with Crippen LogP contribution in [0.1, 0.15) is 6.92 Å². The number of hydrogen-bond donors (Lipinski definition) is 2. The highest BCUT2D eigenvalue weighted by molar-refractivity contribution is 7.91. The van der Waals surface area contributed by atoms with Gasteiger partial charge in [-0.1, -0.05) is 17.4 Å². The summed E-state index contributed by atoms with van der Waals surface area (Å²) in [6, 6.07) is 5.75. The molecule has 8 nitrogen and oxygen atoms in total. The van der Waals surface area contributed by atoms with Crippen LogP contribution in [0, 0.1) is 0 Å². The molecule has 0 fully saturated rings. The zero-order chi connectivity index (χ0) is 19.0. The monoisotopic (exact) mass is 425 g/mol. The summed E-state index contributed by atoms with van der Waals surface area (Å²) in [6.07, 6.45) is 0. The summed E-state index contributed by atoms with van der Waals surface area (Å²) in [5, 5.41) is 4.69. The standard InChI is InChI=1S/C16H15N3O5S3/c1-9(19-27(21,22)14-3-2-6-25-14)15(20)18-16-17-10-7-11-12(8-13(10)26-16)24-5-4-23-11/h2-3,6-9,19H,4-5H2,1H3,(H,17,18,20). The van der Waals surface area contributed by atoms with E-state index in [0.29, 0.717) is 35.4 Å². The molecular weight excluding hydrogens is 410 g/mol. The molecule has 1 atom stereocenters. The summed E-state index contributed by atoms with van der Waals surface area (Å²) >= 11 is 2.36. The average molecular weight is 426 g/mol. The Labute approximate surface area is 163 Å². The lowest BCUT2D eigenvalue weighted by Crippen LogP contribution is -2.41. The molecule has 4 rings (SSSR count). The van der Waals surface area contributed by atoms with Crippen LogP contribution in [0.25, 0.3) is 10.2 Å². The molecular formula is C16H15N3O5S3. The zero-order valence-corrected chi connectivity index (χ0v) is 16.5. The smallest absolute Gasteiger partial charge is 0.250 e. The zero-order valence-electron chi connectivity index (χ0n) is 14.1. The Morgan fingerprint density at radius 2 is 2.00 bits per heavy atom. The number of hydrogen-bond acceptors (Lipinski definition) is 8. The van der Waals surface area contributed by atoms with Gasteiger partial charge in [0, 0.05) is 12.1 Å². The third-order valence-corrected chi connectivity index (χ3v) is 7.64. The molecule has 3 aromatic rings. The molecule has 0 saturated carbocycles. The SMILES string of the molecule is CC(NS(=O)(=O)c1cccs1)C(=O)Nc1nc2cc3c(cc2s1)OCCO3. The Bertz CT molecular complexity index is 1050. The van der Waals surface area contributed by atoms with Gasteiger partial charge in [-0.2, -0.15) is 4.72 Å². The Hall–Kier alpha value is -2.21. The van der Waals surface area contributed by atoms with Crippen LogP contribution in [0.4, 0.5) is 5.13 Å². The van der Waals surface area contributed by atoms with Gasteiger partial charge in [0.15, 0.2) is 16.6 Å². The highest BCUT2D eigenvalue weighted by Gasteiger charge is 2.24. The van der Waals surface area contributed by atoms with E-state index in [9.17, 15) is 13.2 Å². The van der Waals surface area contributed by atoms with E-state index < -0.39 is 22.0 Å². The van der Waals surface area contributed by atoms with Crippen molar-refractivity contribution in [2.24, 2.45) is 0 Å². The first-order chi connectivity index (χ1) is 12.9. The van der Waals surface area contributed by atoms with Crippen LogP contribution in [0.2, 0.25) is 0 Å². The fourth-order valence-corrected chi connectivity index (χ4v) is 5.58. The molecule has 11 heteroatoms. The minimum atomic E-state index is -3.73. The largest absolute Gasteiger partial charge is 0.486 e. The van der Waals surface area contributed by atoms with E-state index in [0.717, 1.165) is 16.0 Å². The molecule has 1 amide bonds. The predicted octanol–water partition coefficient (Wildman–Crippen LogP) is 2.43. The minimum absolute atomic E-state index is 0.160. The van der Waals surface area contributed by atoms with Gasteiger partial charge in [-0.3, -0.25) is 4.79 Å². The van der Waals surface area contributed by atoms with E-state index in [1.165, 1.54) is 24.3 Å². The molecule has 0 bridgehead atoms. The number of benzene rings is 1. The fourth-order valence-electron chi connectivity index (χ4n) is 2.49. The Morgan fingerprint density at radius 1 is 1.26 bits per heavy atom. The second kappa shape index (κ2) is 7.08. The lowest BCUT2D eigenvalue weighted by Gasteiger charge is -2.17. The highest BCUT2D eigenvalue weighted by atomic mass is 32.2. The van der Waals surface area contributed by atoms with Gasteiger partial charge in [-0.25, -0.2) is 13.4 Å². The maximum atomic E-state index is 12.4. The summed E-state index contributed by atoms with van der Waals surface area (Å²) in [5.74, 6) is 0.771. The van der Waals surface area contributed by atoms with Gasteiger partial charge in [0.1, 0.15) is 17.4 Å². The first kappa shape index (κ1) is 18.2. The first-order valence-electron chi connectivity index (χ1n) is 7.99. The minimum Gasteiger partial charge on any atom is -0.486 e. The van der Waals surface area contributed by atoms with Crippen molar-refractivity contribution in [3.63, 3.8) is 0 Å². The van der Waals surface area contributed by atoms with E-state index in [4.69, 9.17) is 9.47 Å². The maximum absolute atomic E-state index is 12.4. The number of amides is 1. The summed E-state index contributed by atoms with van der Waals surface area (Å²) in [6.45, 7) is 2.45. The Kier molecular flexibility index (Phi) is 4.76. The molecule has 142 valence electrons. The van der Waals surface area contributed by atoms with Crippen LogP contribution in [-0.2, 0) is 14.8 Å². The number of anilines is 1.